The number of aryl methyl sites for hydroxylation is 1. The number of benzene rings is 1. The van der Waals surface area contributed by atoms with Gasteiger partial charge in [0.15, 0.2) is 0 Å². The van der Waals surface area contributed by atoms with Crippen LogP contribution in [0, 0.1) is 5.92 Å². The Kier molecular flexibility index (Phi) is 14.9. The number of alkyl halides is 2. The van der Waals surface area contributed by atoms with Crippen LogP contribution >= 0.6 is 48.0 Å². The molecule has 1 aromatic heterocycles. The fourth-order valence-corrected chi connectivity index (χ4v) is 4.00. The maximum absolute atomic E-state index is 12.7. The summed E-state index contributed by atoms with van der Waals surface area (Å²) in [6, 6.07) is 4.40. The third-order valence-corrected chi connectivity index (χ3v) is 5.62. The molecule has 2 rings (SSSR count). The van der Waals surface area contributed by atoms with Crippen LogP contribution in [0.4, 0.5) is 5.69 Å². The molecule has 0 spiro atoms. The summed E-state index contributed by atoms with van der Waals surface area (Å²) in [5.41, 5.74) is 8.88. The summed E-state index contributed by atoms with van der Waals surface area (Å²) in [5.74, 6) is 0.990. The molecule has 0 radical (unpaired) electrons. The summed E-state index contributed by atoms with van der Waals surface area (Å²) in [6.45, 7) is 5.30. The van der Waals surface area contributed by atoms with Crippen molar-refractivity contribution >= 4 is 76.6 Å². The molecular weight excluding hydrogens is 524 g/mol. The molecule has 1 heterocycles. The highest BCUT2D eigenvalue weighted by molar-refractivity contribution is 6.18. The molecule has 0 aliphatic rings. The number of fused-ring (bicyclic) bond motifs is 1. The molecule has 0 aliphatic carbocycles. The predicted octanol–water partition coefficient (Wildman–Crippen LogP) is 3.27. The lowest BCUT2D eigenvalue weighted by molar-refractivity contribution is -0.145. The SMILES string of the molecule is COC(=O)C(CC(C)C)NC(=O)C(N)Cc1nc2cc(N(CCCl)CCCl)ccc2n1C.Cl.Cl. The fraction of sp³-hybridized carbons (Fsp3) is 0.591. The van der Waals surface area contributed by atoms with Crippen LogP contribution in [-0.4, -0.2) is 65.5 Å². The first-order valence-electron chi connectivity index (χ1n) is 10.7. The standard InChI is InChI=1S/C22H33Cl2N5O3.2ClH/c1-14(2)11-18(22(31)32-4)27-21(30)16(25)13-20-26-17-12-15(5-6-19(17)28(20)3)29(9-7-23)10-8-24;;/h5-6,12,14,16,18H,7-11,13,25H2,1-4H3,(H,27,30);2*1H. The predicted molar refractivity (Wildman–Crippen MR) is 144 cm³/mol. The van der Waals surface area contributed by atoms with Crippen molar-refractivity contribution in [1.82, 2.24) is 14.9 Å². The van der Waals surface area contributed by atoms with E-state index in [9.17, 15) is 9.59 Å². The summed E-state index contributed by atoms with van der Waals surface area (Å²) in [6.07, 6.45) is 0.705. The van der Waals surface area contributed by atoms with E-state index in [4.69, 9.17) is 38.7 Å². The van der Waals surface area contributed by atoms with E-state index in [0.29, 0.717) is 37.1 Å². The maximum atomic E-state index is 12.7. The van der Waals surface area contributed by atoms with Crippen molar-refractivity contribution in [2.75, 3.05) is 36.9 Å². The maximum Gasteiger partial charge on any atom is 0.328 e. The average Bonchev–Trinajstić information content (AvgIpc) is 3.06. The second kappa shape index (κ2) is 15.5. The highest BCUT2D eigenvalue weighted by Gasteiger charge is 2.26. The van der Waals surface area contributed by atoms with Gasteiger partial charge in [0.05, 0.1) is 24.2 Å². The van der Waals surface area contributed by atoms with Crippen LogP contribution in [0.25, 0.3) is 11.0 Å². The molecule has 0 saturated carbocycles. The van der Waals surface area contributed by atoms with Gasteiger partial charge in [-0.3, -0.25) is 4.79 Å². The van der Waals surface area contributed by atoms with Gasteiger partial charge in [-0.1, -0.05) is 13.8 Å². The van der Waals surface area contributed by atoms with Crippen LogP contribution in [-0.2, 0) is 27.8 Å². The van der Waals surface area contributed by atoms with E-state index < -0.39 is 24.0 Å². The second-order valence-electron chi connectivity index (χ2n) is 8.15. The normalized spacial score (nSPS) is 12.5. The lowest BCUT2D eigenvalue weighted by Gasteiger charge is -2.22. The summed E-state index contributed by atoms with van der Waals surface area (Å²) < 4.78 is 6.73. The highest BCUT2D eigenvalue weighted by atomic mass is 35.5. The number of hydrogen-bond donors (Lipinski definition) is 2. The molecule has 2 unspecified atom stereocenters. The zero-order valence-electron chi connectivity index (χ0n) is 19.9. The van der Waals surface area contributed by atoms with Crippen molar-refractivity contribution in [2.45, 2.75) is 38.8 Å². The van der Waals surface area contributed by atoms with E-state index >= 15 is 0 Å². The van der Waals surface area contributed by atoms with Gasteiger partial charge in [0, 0.05) is 44.0 Å². The van der Waals surface area contributed by atoms with Gasteiger partial charge in [-0.2, -0.15) is 0 Å². The summed E-state index contributed by atoms with van der Waals surface area (Å²) >= 11 is 11.8. The number of imidazole rings is 1. The Balaban J connectivity index is 0.00000544. The van der Waals surface area contributed by atoms with Gasteiger partial charge in [-0.15, -0.1) is 48.0 Å². The molecule has 0 bridgehead atoms. The monoisotopic (exact) mass is 557 g/mol. The molecule has 0 fully saturated rings. The molecule has 34 heavy (non-hydrogen) atoms. The molecule has 2 atom stereocenters. The van der Waals surface area contributed by atoms with Gasteiger partial charge >= 0.3 is 5.97 Å². The number of halogens is 4. The Morgan fingerprint density at radius 2 is 1.82 bits per heavy atom. The number of esters is 1. The van der Waals surface area contributed by atoms with Gasteiger partial charge < -0.3 is 25.3 Å². The smallest absolute Gasteiger partial charge is 0.328 e. The first-order valence-corrected chi connectivity index (χ1v) is 11.7. The van der Waals surface area contributed by atoms with Crippen molar-refractivity contribution in [2.24, 2.45) is 18.7 Å². The van der Waals surface area contributed by atoms with Crippen LogP contribution in [0.2, 0.25) is 0 Å². The number of nitrogens with zero attached hydrogens (tertiary/aromatic N) is 3. The van der Waals surface area contributed by atoms with Crippen molar-refractivity contribution in [3.05, 3.63) is 24.0 Å². The number of aromatic nitrogens is 2. The molecule has 1 aromatic carbocycles. The topological polar surface area (TPSA) is 102 Å². The average molecular weight is 559 g/mol. The molecule has 0 saturated heterocycles. The highest BCUT2D eigenvalue weighted by Crippen LogP contribution is 2.23. The van der Waals surface area contributed by atoms with Gasteiger partial charge in [0.1, 0.15) is 11.9 Å². The molecule has 12 heteroatoms. The van der Waals surface area contributed by atoms with Crippen LogP contribution in [0.3, 0.4) is 0 Å². The number of anilines is 1. The zero-order chi connectivity index (χ0) is 23.8. The zero-order valence-corrected chi connectivity index (χ0v) is 23.1. The number of rotatable bonds is 12. The lowest BCUT2D eigenvalue weighted by atomic mass is 10.0. The first kappa shape index (κ1) is 32.5. The Morgan fingerprint density at radius 3 is 2.35 bits per heavy atom. The molecule has 2 aromatic rings. The number of ether oxygens (including phenoxy) is 1. The van der Waals surface area contributed by atoms with Crippen LogP contribution in [0.5, 0.6) is 0 Å². The fourth-order valence-electron chi connectivity index (χ4n) is 3.59. The minimum Gasteiger partial charge on any atom is -0.467 e. The number of nitrogens with two attached hydrogens (primary N) is 1. The Bertz CT molecular complexity index is 919. The molecule has 8 nitrogen and oxygen atoms in total. The molecular formula is C22H35Cl4N5O3. The van der Waals surface area contributed by atoms with E-state index in [1.165, 1.54) is 7.11 Å². The Labute approximate surface area is 223 Å². The van der Waals surface area contributed by atoms with Crippen molar-refractivity contribution < 1.29 is 14.3 Å². The number of amides is 1. The van der Waals surface area contributed by atoms with E-state index in [1.807, 2.05) is 43.7 Å². The van der Waals surface area contributed by atoms with Crippen molar-refractivity contribution in [3.63, 3.8) is 0 Å². The number of nitrogens with one attached hydrogen (secondary N) is 1. The van der Waals surface area contributed by atoms with Gasteiger partial charge in [-0.05, 0) is 30.5 Å². The molecule has 3 N–H and O–H groups in total. The number of methoxy groups -OCH3 is 1. The molecule has 194 valence electrons. The summed E-state index contributed by atoms with van der Waals surface area (Å²) in [5, 5.41) is 2.72. The third kappa shape index (κ3) is 8.64. The number of carbonyl (C=O) groups excluding carboxylic acids is 2. The quantitative estimate of drug-likeness (QED) is 0.306. The van der Waals surface area contributed by atoms with Crippen molar-refractivity contribution in [1.29, 1.82) is 0 Å². The van der Waals surface area contributed by atoms with Crippen molar-refractivity contribution in [3.8, 4) is 0 Å². The van der Waals surface area contributed by atoms with Gasteiger partial charge in [-0.25, -0.2) is 9.78 Å². The van der Waals surface area contributed by atoms with Gasteiger partial charge in [0.2, 0.25) is 5.91 Å². The van der Waals surface area contributed by atoms with Crippen LogP contribution in [0.15, 0.2) is 18.2 Å². The summed E-state index contributed by atoms with van der Waals surface area (Å²) in [7, 11) is 3.19. The minimum atomic E-state index is -0.853. The minimum absolute atomic E-state index is 0. The second-order valence-corrected chi connectivity index (χ2v) is 8.91. The summed E-state index contributed by atoms with van der Waals surface area (Å²) in [4.78, 5) is 31.5. The molecule has 1 amide bonds. The Morgan fingerprint density at radius 1 is 1.21 bits per heavy atom. The lowest BCUT2D eigenvalue weighted by Crippen LogP contribution is -2.50. The number of carbonyl (C=O) groups is 2. The van der Waals surface area contributed by atoms with Crippen LogP contribution in [0.1, 0.15) is 26.1 Å². The van der Waals surface area contributed by atoms with E-state index in [1.54, 1.807) is 0 Å². The van der Waals surface area contributed by atoms with E-state index in [0.717, 1.165) is 16.7 Å². The van der Waals surface area contributed by atoms with E-state index in [2.05, 4.69) is 10.2 Å². The van der Waals surface area contributed by atoms with E-state index in [-0.39, 0.29) is 37.2 Å². The largest absolute Gasteiger partial charge is 0.467 e. The third-order valence-electron chi connectivity index (χ3n) is 5.28. The first-order chi connectivity index (χ1) is 15.2. The van der Waals surface area contributed by atoms with Gasteiger partial charge in [0.25, 0.3) is 0 Å². The Hall–Kier alpha value is -1.45. The van der Waals surface area contributed by atoms with Crippen LogP contribution < -0.4 is 16.0 Å². The number of hydrogen-bond acceptors (Lipinski definition) is 6. The molecule has 0 aliphatic heterocycles.